The molecule has 0 saturated heterocycles. The van der Waals surface area contributed by atoms with E-state index in [0.717, 1.165) is 0 Å². The summed E-state index contributed by atoms with van der Waals surface area (Å²) in [6.45, 7) is 2.33. The number of carbonyl (C=O) groups excluding carboxylic acids is 1. The van der Waals surface area contributed by atoms with Gasteiger partial charge in [-0.2, -0.15) is 0 Å². The number of nitrogens with one attached hydrogen (secondary N) is 1. The highest BCUT2D eigenvalue weighted by atomic mass is 35.5. The number of aromatic nitrogens is 2. The van der Waals surface area contributed by atoms with E-state index >= 15 is 0 Å². The fourth-order valence-electron chi connectivity index (χ4n) is 1.80. The van der Waals surface area contributed by atoms with Gasteiger partial charge in [0.25, 0.3) is 11.5 Å². The largest absolute Gasteiger partial charge is 0.350 e. The molecule has 0 spiro atoms. The summed E-state index contributed by atoms with van der Waals surface area (Å²) < 4.78 is 1.45. The molecule has 110 valence electrons. The van der Waals surface area contributed by atoms with Gasteiger partial charge < -0.3 is 5.32 Å². The van der Waals surface area contributed by atoms with Gasteiger partial charge in [-0.25, -0.2) is 4.98 Å². The third-order valence-electron chi connectivity index (χ3n) is 2.84. The second-order valence-electron chi connectivity index (χ2n) is 4.49. The number of aryl methyl sites for hydroxylation is 1. The van der Waals surface area contributed by atoms with Crippen LogP contribution in [0.4, 0.5) is 0 Å². The maximum atomic E-state index is 12.0. The molecule has 0 fully saturated rings. The monoisotopic (exact) mass is 325 g/mol. The first-order valence-electron chi connectivity index (χ1n) is 6.22. The molecule has 2 rings (SSSR count). The molecule has 0 aliphatic heterocycles. The smallest absolute Gasteiger partial charge is 0.256 e. The summed E-state index contributed by atoms with van der Waals surface area (Å²) in [7, 11) is 0. The van der Waals surface area contributed by atoms with Crippen LogP contribution in [0.3, 0.4) is 0 Å². The Morgan fingerprint density at radius 1 is 1.29 bits per heavy atom. The van der Waals surface area contributed by atoms with Crippen LogP contribution in [0.25, 0.3) is 0 Å². The van der Waals surface area contributed by atoms with Crippen molar-refractivity contribution in [1.82, 2.24) is 14.9 Å². The Morgan fingerprint density at radius 2 is 1.95 bits per heavy atom. The molecular formula is C14H13Cl2N3O2. The van der Waals surface area contributed by atoms with Gasteiger partial charge in [-0.1, -0.05) is 23.2 Å². The molecule has 1 N–H and O–H groups in total. The molecule has 1 aromatic carbocycles. The van der Waals surface area contributed by atoms with Gasteiger partial charge >= 0.3 is 0 Å². The molecule has 1 amide bonds. The Kier molecular flexibility index (Phi) is 4.98. The van der Waals surface area contributed by atoms with Crippen molar-refractivity contribution in [3.8, 4) is 0 Å². The van der Waals surface area contributed by atoms with Crippen molar-refractivity contribution in [1.29, 1.82) is 0 Å². The van der Waals surface area contributed by atoms with E-state index in [0.29, 0.717) is 34.3 Å². The lowest BCUT2D eigenvalue weighted by atomic mass is 10.2. The highest BCUT2D eigenvalue weighted by molar-refractivity contribution is 6.35. The van der Waals surface area contributed by atoms with Crippen molar-refractivity contribution < 1.29 is 4.79 Å². The standard InChI is InChI=1S/C14H13Cl2N3O2/c1-9-7-17-8-19(14(9)21)3-2-18-13(20)10-4-11(15)6-12(16)5-10/h4-8H,2-3H2,1H3,(H,18,20). The first-order chi connectivity index (χ1) is 9.97. The van der Waals surface area contributed by atoms with Crippen LogP contribution in [0.1, 0.15) is 15.9 Å². The van der Waals surface area contributed by atoms with Crippen molar-refractivity contribution in [2.45, 2.75) is 13.5 Å². The van der Waals surface area contributed by atoms with Crippen molar-refractivity contribution in [3.63, 3.8) is 0 Å². The molecule has 5 nitrogen and oxygen atoms in total. The first kappa shape index (κ1) is 15.5. The van der Waals surface area contributed by atoms with Crippen LogP contribution in [-0.2, 0) is 6.54 Å². The van der Waals surface area contributed by atoms with E-state index in [2.05, 4.69) is 10.3 Å². The molecule has 2 aromatic rings. The third kappa shape index (κ3) is 4.06. The second kappa shape index (κ2) is 6.74. The molecule has 0 bridgehead atoms. The average molecular weight is 326 g/mol. The topological polar surface area (TPSA) is 64.0 Å². The molecule has 21 heavy (non-hydrogen) atoms. The minimum absolute atomic E-state index is 0.120. The number of amides is 1. The fourth-order valence-corrected chi connectivity index (χ4v) is 2.32. The summed E-state index contributed by atoms with van der Waals surface area (Å²) in [5.74, 6) is -0.298. The van der Waals surface area contributed by atoms with Crippen LogP contribution >= 0.6 is 23.2 Å². The number of nitrogens with zero attached hydrogens (tertiary/aromatic N) is 2. The van der Waals surface area contributed by atoms with E-state index in [1.165, 1.54) is 29.2 Å². The van der Waals surface area contributed by atoms with Crippen molar-refractivity contribution in [2.75, 3.05) is 6.54 Å². The normalized spacial score (nSPS) is 10.4. The highest BCUT2D eigenvalue weighted by Gasteiger charge is 2.07. The Hall–Kier alpha value is -1.85. The number of hydrogen-bond donors (Lipinski definition) is 1. The minimum atomic E-state index is -0.298. The van der Waals surface area contributed by atoms with Gasteiger partial charge in [-0.05, 0) is 25.1 Å². The maximum absolute atomic E-state index is 12.0. The van der Waals surface area contributed by atoms with Crippen LogP contribution < -0.4 is 10.9 Å². The van der Waals surface area contributed by atoms with Crippen LogP contribution in [0.2, 0.25) is 10.0 Å². The zero-order chi connectivity index (χ0) is 15.4. The van der Waals surface area contributed by atoms with Gasteiger partial charge in [0.15, 0.2) is 0 Å². The lowest BCUT2D eigenvalue weighted by Gasteiger charge is -2.08. The Labute approximate surface area is 131 Å². The van der Waals surface area contributed by atoms with Gasteiger partial charge in [-0.15, -0.1) is 0 Å². The van der Waals surface area contributed by atoms with E-state index in [1.54, 1.807) is 13.0 Å². The summed E-state index contributed by atoms with van der Waals surface area (Å²) in [6, 6.07) is 4.62. The van der Waals surface area contributed by atoms with E-state index in [4.69, 9.17) is 23.2 Å². The summed E-state index contributed by atoms with van der Waals surface area (Å²) in [5.41, 5.74) is 0.817. The SMILES string of the molecule is Cc1cncn(CCNC(=O)c2cc(Cl)cc(Cl)c2)c1=O. The van der Waals surface area contributed by atoms with E-state index in [9.17, 15) is 9.59 Å². The molecule has 0 saturated carbocycles. The Balaban J connectivity index is 1.98. The van der Waals surface area contributed by atoms with Crippen LogP contribution in [0.15, 0.2) is 35.5 Å². The summed E-state index contributed by atoms with van der Waals surface area (Å²) in [6.07, 6.45) is 2.95. The average Bonchev–Trinajstić information content (AvgIpc) is 2.42. The zero-order valence-corrected chi connectivity index (χ0v) is 12.8. The van der Waals surface area contributed by atoms with Crippen molar-refractivity contribution in [3.05, 3.63) is 62.2 Å². The molecule has 1 aromatic heterocycles. The Morgan fingerprint density at radius 3 is 2.62 bits per heavy atom. The number of carbonyl (C=O) groups is 1. The molecular weight excluding hydrogens is 313 g/mol. The lowest BCUT2D eigenvalue weighted by molar-refractivity contribution is 0.0952. The second-order valence-corrected chi connectivity index (χ2v) is 5.36. The molecule has 0 aliphatic rings. The first-order valence-corrected chi connectivity index (χ1v) is 6.98. The van der Waals surface area contributed by atoms with Crippen molar-refractivity contribution >= 4 is 29.1 Å². The van der Waals surface area contributed by atoms with E-state index in [-0.39, 0.29) is 11.5 Å². The predicted octanol–water partition coefficient (Wildman–Crippen LogP) is 2.29. The van der Waals surface area contributed by atoms with Crippen molar-refractivity contribution in [2.24, 2.45) is 0 Å². The Bertz CT molecular complexity index is 708. The number of halogens is 2. The van der Waals surface area contributed by atoms with Gasteiger partial charge in [-0.3, -0.25) is 14.2 Å². The molecule has 0 unspecified atom stereocenters. The predicted molar refractivity (Wildman–Crippen MR) is 82.0 cm³/mol. The number of rotatable bonds is 4. The van der Waals surface area contributed by atoms with Gasteiger partial charge in [0.2, 0.25) is 0 Å². The van der Waals surface area contributed by atoms with E-state index < -0.39 is 0 Å². The van der Waals surface area contributed by atoms with Crippen LogP contribution in [-0.4, -0.2) is 22.0 Å². The summed E-state index contributed by atoms with van der Waals surface area (Å²) in [4.78, 5) is 27.7. The van der Waals surface area contributed by atoms with E-state index in [1.807, 2.05) is 0 Å². The van der Waals surface area contributed by atoms with Gasteiger partial charge in [0, 0.05) is 40.5 Å². The number of hydrogen-bond acceptors (Lipinski definition) is 3. The highest BCUT2D eigenvalue weighted by Crippen LogP contribution is 2.18. The minimum Gasteiger partial charge on any atom is -0.350 e. The van der Waals surface area contributed by atoms with Gasteiger partial charge in [0.1, 0.15) is 0 Å². The summed E-state index contributed by atoms with van der Waals surface area (Å²) in [5, 5.41) is 3.50. The molecule has 0 aliphatic carbocycles. The quantitative estimate of drug-likeness (QED) is 0.938. The lowest BCUT2D eigenvalue weighted by Crippen LogP contribution is -2.31. The summed E-state index contributed by atoms with van der Waals surface area (Å²) >= 11 is 11.7. The molecule has 0 atom stereocenters. The number of benzene rings is 1. The molecule has 1 heterocycles. The third-order valence-corrected chi connectivity index (χ3v) is 3.27. The molecule has 0 radical (unpaired) electrons. The fraction of sp³-hybridized carbons (Fsp3) is 0.214. The van der Waals surface area contributed by atoms with Crippen LogP contribution in [0, 0.1) is 6.92 Å². The zero-order valence-electron chi connectivity index (χ0n) is 11.3. The van der Waals surface area contributed by atoms with Crippen LogP contribution in [0.5, 0.6) is 0 Å². The van der Waals surface area contributed by atoms with Gasteiger partial charge in [0.05, 0.1) is 6.33 Å². The molecule has 7 heteroatoms. The maximum Gasteiger partial charge on any atom is 0.256 e.